The molecule has 0 radical (unpaired) electrons. The molecule has 0 bridgehead atoms. The van der Waals surface area contributed by atoms with Crippen LogP contribution >= 0.6 is 0 Å². The third-order valence-corrected chi connectivity index (χ3v) is 10.4. The maximum Gasteiger partial charge on any atom is 0.183 e. The largest absolute Gasteiger partial charge is 0.361 e. The zero-order chi connectivity index (χ0) is 23.1. The van der Waals surface area contributed by atoms with Crippen LogP contribution in [0.5, 0.6) is 0 Å². The first-order valence-corrected chi connectivity index (χ1v) is 14.2. The van der Waals surface area contributed by atoms with E-state index >= 15 is 0 Å². The molecule has 0 aliphatic carbocycles. The van der Waals surface area contributed by atoms with Crippen molar-refractivity contribution in [3.05, 3.63) is 65.9 Å². The predicted octanol–water partition coefficient (Wildman–Crippen LogP) is 3.24. The molecule has 1 saturated heterocycles. The molecule has 0 saturated carbocycles. The molecular weight excluding hydrogens is 444 g/mol. The molecule has 172 valence electrons. The molecule has 2 N–H and O–H groups in total. The molecule has 2 heterocycles. The van der Waals surface area contributed by atoms with Crippen LogP contribution in [0, 0.1) is 0 Å². The van der Waals surface area contributed by atoms with Crippen LogP contribution in [0.15, 0.2) is 59.6 Å². The van der Waals surface area contributed by atoms with Crippen LogP contribution in [-0.4, -0.2) is 51.2 Å². The highest BCUT2D eigenvalue weighted by Gasteiger charge is 2.45. The van der Waals surface area contributed by atoms with E-state index < -0.39 is 31.0 Å². The van der Waals surface area contributed by atoms with Crippen molar-refractivity contribution in [1.82, 2.24) is 10.3 Å². The fraction of sp³-hybridized carbons (Fsp3) is 0.417. The minimum atomic E-state index is -3.79. The minimum absolute atomic E-state index is 0.0918. The third-order valence-electron chi connectivity index (χ3n) is 6.22. The van der Waals surface area contributed by atoms with Gasteiger partial charge in [0, 0.05) is 23.1 Å². The molecule has 6 nitrogen and oxygen atoms in total. The first kappa shape index (κ1) is 23.0. The number of hydrogen-bond acceptors (Lipinski definition) is 5. The Bertz CT molecular complexity index is 1320. The zero-order valence-corrected chi connectivity index (χ0v) is 20.3. The van der Waals surface area contributed by atoms with Crippen molar-refractivity contribution in [3.63, 3.8) is 0 Å². The standard InChI is InChI=1S/C24H30N2O4S2/c1-24(2,3)18-8-10-19(11-9-18)32(29,30)23-16-31(27,28)15-22(23)25-13-12-17-14-26-21-7-5-4-6-20(17)21/h4-11,14,22-23,25-26H,12-13,15-16H2,1-3H3/t22-,23+/m0/s1. The van der Waals surface area contributed by atoms with E-state index in [0.717, 1.165) is 22.0 Å². The van der Waals surface area contributed by atoms with Gasteiger partial charge in [0.2, 0.25) is 0 Å². The third kappa shape index (κ3) is 4.63. The summed E-state index contributed by atoms with van der Waals surface area (Å²) in [4.78, 5) is 3.41. The fourth-order valence-corrected chi connectivity index (χ4v) is 9.08. The SMILES string of the molecule is CC(C)(C)c1ccc(S(=O)(=O)[C@@H]2CS(=O)(=O)C[C@@H]2NCCc2c[nH]c3ccccc23)cc1. The molecule has 1 aromatic heterocycles. The van der Waals surface area contributed by atoms with Gasteiger partial charge in [-0.15, -0.1) is 0 Å². The minimum Gasteiger partial charge on any atom is -0.361 e. The molecule has 32 heavy (non-hydrogen) atoms. The van der Waals surface area contributed by atoms with Gasteiger partial charge in [0.25, 0.3) is 0 Å². The summed E-state index contributed by atoms with van der Waals surface area (Å²) in [5.41, 5.74) is 3.10. The number of rotatable bonds is 6. The number of benzene rings is 2. The number of nitrogens with one attached hydrogen (secondary N) is 2. The Morgan fingerprint density at radius 2 is 1.72 bits per heavy atom. The van der Waals surface area contributed by atoms with E-state index in [1.807, 2.05) is 42.6 Å². The van der Waals surface area contributed by atoms with Crippen LogP contribution in [0.3, 0.4) is 0 Å². The van der Waals surface area contributed by atoms with Crippen molar-refractivity contribution in [1.29, 1.82) is 0 Å². The second-order valence-electron chi connectivity index (χ2n) is 9.60. The Morgan fingerprint density at radius 1 is 1.03 bits per heavy atom. The molecule has 8 heteroatoms. The van der Waals surface area contributed by atoms with Crippen LogP contribution in [-0.2, 0) is 31.5 Å². The lowest BCUT2D eigenvalue weighted by atomic mass is 9.87. The van der Waals surface area contributed by atoms with Gasteiger partial charge < -0.3 is 10.3 Å². The second-order valence-corrected chi connectivity index (χ2v) is 13.9. The molecule has 1 fully saturated rings. The quantitative estimate of drug-likeness (QED) is 0.572. The predicted molar refractivity (Wildman–Crippen MR) is 129 cm³/mol. The Morgan fingerprint density at radius 3 is 2.41 bits per heavy atom. The van der Waals surface area contributed by atoms with E-state index in [1.54, 1.807) is 12.1 Å². The summed E-state index contributed by atoms with van der Waals surface area (Å²) in [6.07, 6.45) is 2.62. The highest BCUT2D eigenvalue weighted by atomic mass is 32.2. The van der Waals surface area contributed by atoms with Gasteiger partial charge >= 0.3 is 0 Å². The second kappa shape index (κ2) is 8.32. The summed E-state index contributed by atoms with van der Waals surface area (Å²) in [6.45, 7) is 6.69. The van der Waals surface area contributed by atoms with Gasteiger partial charge in [0.05, 0.1) is 21.7 Å². The summed E-state index contributed by atoms with van der Waals surface area (Å²) < 4.78 is 51.4. The normalized spacial score (nSPS) is 21.2. The van der Waals surface area contributed by atoms with Gasteiger partial charge in [-0.25, -0.2) is 16.8 Å². The topological polar surface area (TPSA) is 96.1 Å². The van der Waals surface area contributed by atoms with E-state index in [-0.39, 0.29) is 21.8 Å². The van der Waals surface area contributed by atoms with E-state index in [1.165, 1.54) is 0 Å². The lowest BCUT2D eigenvalue weighted by Gasteiger charge is -2.22. The molecule has 2 aromatic carbocycles. The Labute approximate surface area is 190 Å². The summed E-state index contributed by atoms with van der Waals surface area (Å²) in [6, 6.07) is 14.2. The monoisotopic (exact) mass is 474 g/mol. The number of para-hydroxylation sites is 1. The maximum absolute atomic E-state index is 13.4. The fourth-order valence-electron chi connectivity index (χ4n) is 4.36. The number of hydrogen-bond donors (Lipinski definition) is 2. The van der Waals surface area contributed by atoms with E-state index in [4.69, 9.17) is 0 Å². The number of aromatic amines is 1. The number of aromatic nitrogens is 1. The van der Waals surface area contributed by atoms with Gasteiger partial charge in [-0.2, -0.15) is 0 Å². The van der Waals surface area contributed by atoms with Gasteiger partial charge in [-0.05, 0) is 47.7 Å². The molecule has 0 amide bonds. The zero-order valence-electron chi connectivity index (χ0n) is 18.6. The van der Waals surface area contributed by atoms with Crippen LogP contribution in [0.25, 0.3) is 10.9 Å². The van der Waals surface area contributed by atoms with Crippen molar-refractivity contribution in [2.45, 2.75) is 48.8 Å². The van der Waals surface area contributed by atoms with E-state index in [2.05, 4.69) is 31.1 Å². The average molecular weight is 475 g/mol. The Kier molecular flexibility index (Phi) is 5.98. The molecule has 3 aromatic rings. The van der Waals surface area contributed by atoms with Crippen LogP contribution < -0.4 is 5.32 Å². The molecule has 0 spiro atoms. The van der Waals surface area contributed by atoms with Gasteiger partial charge in [-0.3, -0.25) is 0 Å². The van der Waals surface area contributed by atoms with Crippen LogP contribution in [0.4, 0.5) is 0 Å². The molecule has 1 aliphatic rings. The van der Waals surface area contributed by atoms with E-state index in [9.17, 15) is 16.8 Å². The highest BCUT2D eigenvalue weighted by Crippen LogP contribution is 2.29. The van der Waals surface area contributed by atoms with Crippen molar-refractivity contribution in [3.8, 4) is 0 Å². The van der Waals surface area contributed by atoms with Crippen molar-refractivity contribution in [2.75, 3.05) is 18.1 Å². The Balaban J connectivity index is 1.51. The van der Waals surface area contributed by atoms with Crippen LogP contribution in [0.2, 0.25) is 0 Å². The summed E-state index contributed by atoms with van der Waals surface area (Å²) in [7, 11) is -7.22. The van der Waals surface area contributed by atoms with Crippen molar-refractivity contribution in [2.24, 2.45) is 0 Å². The molecule has 1 aliphatic heterocycles. The van der Waals surface area contributed by atoms with Gasteiger partial charge in [-0.1, -0.05) is 51.1 Å². The molecule has 0 unspecified atom stereocenters. The van der Waals surface area contributed by atoms with Crippen molar-refractivity contribution < 1.29 is 16.8 Å². The van der Waals surface area contributed by atoms with Crippen LogP contribution in [0.1, 0.15) is 31.9 Å². The summed E-state index contributed by atoms with van der Waals surface area (Å²) in [5.74, 6) is -0.508. The van der Waals surface area contributed by atoms with Gasteiger partial charge in [0.15, 0.2) is 19.7 Å². The summed E-state index contributed by atoms with van der Waals surface area (Å²) >= 11 is 0. The number of sulfone groups is 2. The lowest BCUT2D eigenvalue weighted by molar-refractivity contribution is 0.528. The summed E-state index contributed by atoms with van der Waals surface area (Å²) in [5, 5.41) is 3.36. The number of H-pyrrole nitrogens is 1. The van der Waals surface area contributed by atoms with Gasteiger partial charge in [0.1, 0.15) is 0 Å². The average Bonchev–Trinajstić information content (AvgIpc) is 3.28. The molecule has 2 atom stereocenters. The first-order chi connectivity index (χ1) is 15.0. The maximum atomic E-state index is 13.4. The Hall–Kier alpha value is -2.16. The lowest BCUT2D eigenvalue weighted by Crippen LogP contribution is -2.44. The first-order valence-electron chi connectivity index (χ1n) is 10.8. The van der Waals surface area contributed by atoms with Crippen molar-refractivity contribution >= 4 is 30.6 Å². The smallest absolute Gasteiger partial charge is 0.183 e. The molecular formula is C24H30N2O4S2. The number of fused-ring (bicyclic) bond motifs is 1. The van der Waals surface area contributed by atoms with E-state index in [0.29, 0.717) is 13.0 Å². The molecule has 4 rings (SSSR count). The highest BCUT2D eigenvalue weighted by molar-refractivity contribution is 7.96.